The number of nitrogens with one attached hydrogen (secondary N) is 1. The number of rotatable bonds is 31. The normalized spacial score (nSPS) is 14.0. The van der Waals surface area contributed by atoms with Crippen LogP contribution in [0.1, 0.15) is 136 Å². The number of amides is 1. The minimum atomic E-state index is -4.41. The van der Waals surface area contributed by atoms with Crippen molar-refractivity contribution in [1.29, 1.82) is 0 Å². The smallest absolute Gasteiger partial charge is 0.463 e. The molecule has 0 bridgehead atoms. The van der Waals surface area contributed by atoms with Crippen LogP contribution in [0.2, 0.25) is 0 Å². The number of carbonyl (C=O) groups is 2. The predicted molar refractivity (Wildman–Crippen MR) is 178 cm³/mol. The van der Waals surface area contributed by atoms with Crippen molar-refractivity contribution < 1.29 is 37.9 Å². The third-order valence-corrected chi connectivity index (χ3v) is 7.82. The second-order valence-corrected chi connectivity index (χ2v) is 12.6. The molecule has 0 saturated carbocycles. The maximum Gasteiger partial charge on any atom is 0.472 e. The maximum atomic E-state index is 12.0. The summed E-state index contributed by atoms with van der Waals surface area (Å²) in [6, 6.07) is 0. The molecule has 0 aromatic rings. The SMILES string of the molecule is CC/C=C\C/C=C\C/C=C\CCCCCCCC(=O)NCCOP(=O)(O)OCC(O)COC(=O)CCCCCCCCCC. The lowest BCUT2D eigenvalue weighted by atomic mass is 10.1. The first kappa shape index (κ1) is 42.2. The van der Waals surface area contributed by atoms with Crippen molar-refractivity contribution in [2.75, 3.05) is 26.4 Å². The van der Waals surface area contributed by atoms with Gasteiger partial charge in [-0.3, -0.25) is 18.6 Å². The fraction of sp³-hybridized carbons (Fsp3) is 0.765. The number of hydrogen-bond donors (Lipinski definition) is 3. The van der Waals surface area contributed by atoms with Gasteiger partial charge in [-0.2, -0.15) is 0 Å². The second kappa shape index (κ2) is 31.2. The monoisotopic (exact) mass is 643 g/mol. The summed E-state index contributed by atoms with van der Waals surface area (Å²) in [4.78, 5) is 33.5. The highest BCUT2D eigenvalue weighted by Gasteiger charge is 2.23. The van der Waals surface area contributed by atoms with Gasteiger partial charge in [-0.05, 0) is 44.9 Å². The van der Waals surface area contributed by atoms with Gasteiger partial charge in [0.25, 0.3) is 0 Å². The van der Waals surface area contributed by atoms with E-state index in [4.69, 9.17) is 13.8 Å². The number of esters is 1. The summed E-state index contributed by atoms with van der Waals surface area (Å²) in [5.74, 6) is -0.542. The molecule has 2 atom stereocenters. The van der Waals surface area contributed by atoms with Crippen LogP contribution in [0.3, 0.4) is 0 Å². The molecular formula is C34H62NO8P. The van der Waals surface area contributed by atoms with Crippen molar-refractivity contribution in [2.24, 2.45) is 0 Å². The molecule has 0 aromatic heterocycles. The topological polar surface area (TPSA) is 131 Å². The maximum absolute atomic E-state index is 12.0. The Labute approximate surface area is 267 Å². The Morgan fingerprint density at radius 1 is 0.727 bits per heavy atom. The van der Waals surface area contributed by atoms with E-state index in [2.05, 4.69) is 55.6 Å². The van der Waals surface area contributed by atoms with Gasteiger partial charge < -0.3 is 20.1 Å². The van der Waals surface area contributed by atoms with Crippen LogP contribution in [0.25, 0.3) is 0 Å². The van der Waals surface area contributed by atoms with Crippen molar-refractivity contribution in [1.82, 2.24) is 5.32 Å². The molecule has 1 amide bonds. The molecule has 44 heavy (non-hydrogen) atoms. The number of aliphatic hydroxyl groups excluding tert-OH is 1. The van der Waals surface area contributed by atoms with Crippen LogP contribution in [0.4, 0.5) is 0 Å². The van der Waals surface area contributed by atoms with Crippen molar-refractivity contribution in [3.63, 3.8) is 0 Å². The molecule has 3 N–H and O–H groups in total. The first-order chi connectivity index (χ1) is 21.3. The lowest BCUT2D eigenvalue weighted by Crippen LogP contribution is -2.27. The molecular weight excluding hydrogens is 581 g/mol. The molecule has 256 valence electrons. The van der Waals surface area contributed by atoms with Gasteiger partial charge in [-0.1, -0.05) is 115 Å². The van der Waals surface area contributed by atoms with E-state index in [1.165, 1.54) is 32.1 Å². The Kier molecular flexibility index (Phi) is 30.0. The van der Waals surface area contributed by atoms with Crippen molar-refractivity contribution >= 4 is 19.7 Å². The molecule has 9 nitrogen and oxygen atoms in total. The van der Waals surface area contributed by atoms with Crippen LogP contribution < -0.4 is 5.32 Å². The summed E-state index contributed by atoms with van der Waals surface area (Å²) in [6.45, 7) is 3.35. The Balaban J connectivity index is 3.67. The van der Waals surface area contributed by atoms with Gasteiger partial charge in [0.15, 0.2) is 0 Å². The molecule has 0 saturated heterocycles. The third-order valence-electron chi connectivity index (χ3n) is 6.83. The molecule has 0 heterocycles. The molecule has 0 rings (SSSR count). The second-order valence-electron chi connectivity index (χ2n) is 11.1. The minimum absolute atomic E-state index is 0.0720. The Bertz CT molecular complexity index is 830. The van der Waals surface area contributed by atoms with Crippen LogP contribution in [0.15, 0.2) is 36.5 Å². The predicted octanol–water partition coefficient (Wildman–Crippen LogP) is 8.26. The quantitative estimate of drug-likeness (QED) is 0.0298. The van der Waals surface area contributed by atoms with Gasteiger partial charge in [0.05, 0.1) is 13.2 Å². The summed E-state index contributed by atoms with van der Waals surface area (Å²) in [5.41, 5.74) is 0. The van der Waals surface area contributed by atoms with E-state index in [0.717, 1.165) is 77.0 Å². The van der Waals surface area contributed by atoms with Crippen molar-refractivity contribution in [3.8, 4) is 0 Å². The van der Waals surface area contributed by atoms with Crippen LogP contribution >= 0.6 is 7.82 Å². The van der Waals surface area contributed by atoms with Gasteiger partial charge in [-0.15, -0.1) is 0 Å². The molecule has 0 aliphatic heterocycles. The molecule has 0 aliphatic carbocycles. The van der Waals surface area contributed by atoms with E-state index in [9.17, 15) is 24.2 Å². The summed E-state index contributed by atoms with van der Waals surface area (Å²) < 4.78 is 26.6. The van der Waals surface area contributed by atoms with Crippen LogP contribution in [0.5, 0.6) is 0 Å². The van der Waals surface area contributed by atoms with E-state index in [1.54, 1.807) is 0 Å². The molecule has 0 aromatic carbocycles. The lowest BCUT2D eigenvalue weighted by molar-refractivity contribution is -0.147. The van der Waals surface area contributed by atoms with Crippen molar-refractivity contribution in [3.05, 3.63) is 36.5 Å². The van der Waals surface area contributed by atoms with Crippen molar-refractivity contribution in [2.45, 2.75) is 142 Å². The summed E-state index contributed by atoms with van der Waals surface area (Å²) >= 11 is 0. The largest absolute Gasteiger partial charge is 0.472 e. The Hall–Kier alpha value is -1.77. The molecule has 10 heteroatoms. The zero-order chi connectivity index (χ0) is 32.6. The lowest BCUT2D eigenvalue weighted by Gasteiger charge is -2.15. The van der Waals surface area contributed by atoms with Crippen LogP contribution in [-0.4, -0.2) is 54.3 Å². The van der Waals surface area contributed by atoms with Crippen LogP contribution in [-0.2, 0) is 27.9 Å². The number of carbonyl (C=O) groups excluding carboxylic acids is 2. The fourth-order valence-corrected chi connectivity index (χ4v) is 5.03. The van der Waals surface area contributed by atoms with Gasteiger partial charge in [0.2, 0.25) is 5.91 Å². The number of phosphoric ester groups is 1. The first-order valence-corrected chi connectivity index (χ1v) is 18.5. The highest BCUT2D eigenvalue weighted by molar-refractivity contribution is 7.47. The number of unbranched alkanes of at least 4 members (excludes halogenated alkanes) is 12. The zero-order valence-electron chi connectivity index (χ0n) is 27.6. The summed E-state index contributed by atoms with van der Waals surface area (Å²) in [7, 11) is -4.41. The highest BCUT2D eigenvalue weighted by atomic mass is 31.2. The molecule has 0 radical (unpaired) electrons. The molecule has 0 spiro atoms. The number of phosphoric acid groups is 1. The van der Waals surface area contributed by atoms with E-state index in [0.29, 0.717) is 6.42 Å². The summed E-state index contributed by atoms with van der Waals surface area (Å²) in [6.07, 6.45) is 30.9. The Morgan fingerprint density at radius 2 is 1.30 bits per heavy atom. The molecule has 0 aliphatic rings. The van der Waals surface area contributed by atoms with E-state index >= 15 is 0 Å². The average molecular weight is 644 g/mol. The average Bonchev–Trinajstić information content (AvgIpc) is 3.00. The first-order valence-electron chi connectivity index (χ1n) is 17.0. The van der Waals surface area contributed by atoms with Crippen LogP contribution in [0, 0.1) is 0 Å². The van der Waals surface area contributed by atoms with Gasteiger partial charge in [-0.25, -0.2) is 4.57 Å². The minimum Gasteiger partial charge on any atom is -0.463 e. The van der Waals surface area contributed by atoms with E-state index in [-0.39, 0.29) is 32.1 Å². The summed E-state index contributed by atoms with van der Waals surface area (Å²) in [5, 5.41) is 12.6. The number of hydrogen-bond acceptors (Lipinski definition) is 7. The van der Waals surface area contributed by atoms with Gasteiger partial charge in [0, 0.05) is 19.4 Å². The van der Waals surface area contributed by atoms with Gasteiger partial charge >= 0.3 is 13.8 Å². The molecule has 2 unspecified atom stereocenters. The van der Waals surface area contributed by atoms with E-state index in [1.807, 2.05) is 0 Å². The number of allylic oxidation sites excluding steroid dienone is 6. The molecule has 0 fully saturated rings. The standard InChI is InChI=1S/C34H62NO8P/c1-3-5-7-9-11-13-14-15-16-17-18-19-20-22-24-26-33(37)35-28-29-42-44(39,40)43-31-32(36)30-41-34(38)27-25-23-21-12-10-8-6-4-2/h5,7,11,13,15-16,32,36H,3-4,6,8-10,12,14,17-31H2,1-2H3,(H,35,37)(H,39,40)/b7-5-,13-11-,16-15-. The van der Waals surface area contributed by atoms with Gasteiger partial charge in [0.1, 0.15) is 12.7 Å². The fourth-order valence-electron chi connectivity index (χ4n) is 4.27. The third kappa shape index (κ3) is 31.6. The highest BCUT2D eigenvalue weighted by Crippen LogP contribution is 2.42. The number of ether oxygens (including phenoxy) is 1. The zero-order valence-corrected chi connectivity index (χ0v) is 28.5. The Morgan fingerprint density at radius 3 is 1.95 bits per heavy atom. The van der Waals surface area contributed by atoms with E-state index < -0.39 is 26.5 Å². The number of aliphatic hydroxyl groups is 1.